The fraction of sp³-hybridized carbons (Fsp3) is 0.533. The number of anilines is 1. The van der Waals surface area contributed by atoms with E-state index in [2.05, 4.69) is 12.2 Å². The zero-order chi connectivity index (χ0) is 15.8. The monoisotopic (exact) mass is 293 g/mol. The second kappa shape index (κ2) is 8.24. The normalized spacial score (nSPS) is 10.2. The van der Waals surface area contributed by atoms with Crippen LogP contribution in [0.15, 0.2) is 18.2 Å². The average Bonchev–Trinajstić information content (AvgIpc) is 2.49. The minimum Gasteiger partial charge on any atom is -0.384 e. The van der Waals surface area contributed by atoms with Gasteiger partial charge in [0.25, 0.3) is 11.6 Å². The summed E-state index contributed by atoms with van der Waals surface area (Å²) in [4.78, 5) is 24.5. The van der Waals surface area contributed by atoms with Crippen LogP contribution >= 0.6 is 0 Å². The van der Waals surface area contributed by atoms with Gasteiger partial charge in [0, 0.05) is 38.0 Å². The summed E-state index contributed by atoms with van der Waals surface area (Å²) in [6.07, 6.45) is 2.82. The van der Waals surface area contributed by atoms with Crippen molar-refractivity contribution in [2.24, 2.45) is 0 Å². The number of nitro groups is 1. The first kappa shape index (κ1) is 16.9. The van der Waals surface area contributed by atoms with Crippen molar-refractivity contribution in [3.05, 3.63) is 33.9 Å². The molecule has 0 saturated carbocycles. The highest BCUT2D eigenvalue weighted by atomic mass is 16.6. The van der Waals surface area contributed by atoms with Crippen molar-refractivity contribution in [3.8, 4) is 0 Å². The molecule has 0 unspecified atom stereocenters. The third kappa shape index (κ3) is 4.73. The standard InChI is InChI=1S/C15H23N3O3/c1-4-6-10-17(3)15(19)13-11-12(18(20)21)7-8-14(13)16-9-5-2/h7-8,11,16H,4-6,9-10H2,1-3H3. The molecule has 6 heteroatoms. The number of unbranched alkanes of at least 4 members (excludes halogenated alkanes) is 1. The molecule has 1 aromatic carbocycles. The number of rotatable bonds is 8. The fourth-order valence-electron chi connectivity index (χ4n) is 1.94. The summed E-state index contributed by atoms with van der Waals surface area (Å²) in [5, 5.41) is 14.1. The first-order valence-corrected chi connectivity index (χ1v) is 7.29. The Bertz CT molecular complexity index is 503. The number of nitrogens with zero attached hydrogens (tertiary/aromatic N) is 2. The van der Waals surface area contributed by atoms with Gasteiger partial charge in [-0.05, 0) is 18.9 Å². The van der Waals surface area contributed by atoms with Gasteiger partial charge in [0.15, 0.2) is 0 Å². The Kier molecular flexibility index (Phi) is 6.65. The van der Waals surface area contributed by atoms with E-state index in [0.29, 0.717) is 17.8 Å². The summed E-state index contributed by atoms with van der Waals surface area (Å²) in [7, 11) is 1.72. The van der Waals surface area contributed by atoms with Gasteiger partial charge in [0.05, 0.1) is 10.5 Å². The van der Waals surface area contributed by atoms with Gasteiger partial charge < -0.3 is 10.2 Å². The molecule has 116 valence electrons. The highest BCUT2D eigenvalue weighted by molar-refractivity contribution is 6.00. The molecule has 0 spiro atoms. The molecule has 1 N–H and O–H groups in total. The quantitative estimate of drug-likeness (QED) is 0.589. The van der Waals surface area contributed by atoms with Crippen LogP contribution in [0.4, 0.5) is 11.4 Å². The summed E-state index contributed by atoms with van der Waals surface area (Å²) >= 11 is 0. The van der Waals surface area contributed by atoms with Crippen LogP contribution in [0, 0.1) is 10.1 Å². The van der Waals surface area contributed by atoms with Crippen LogP contribution in [-0.2, 0) is 0 Å². The summed E-state index contributed by atoms with van der Waals surface area (Å²) in [5.41, 5.74) is 0.941. The largest absolute Gasteiger partial charge is 0.384 e. The summed E-state index contributed by atoms with van der Waals surface area (Å²) in [6.45, 7) is 5.44. The molecule has 0 aliphatic carbocycles. The van der Waals surface area contributed by atoms with Crippen LogP contribution < -0.4 is 5.32 Å². The number of nitrogens with one attached hydrogen (secondary N) is 1. The van der Waals surface area contributed by atoms with E-state index < -0.39 is 4.92 Å². The van der Waals surface area contributed by atoms with Crippen molar-refractivity contribution in [2.45, 2.75) is 33.1 Å². The molecule has 0 aliphatic rings. The molecule has 0 fully saturated rings. The summed E-state index contributed by atoms with van der Waals surface area (Å²) in [6, 6.07) is 4.37. The molecule has 6 nitrogen and oxygen atoms in total. The number of carbonyl (C=O) groups is 1. The Labute approximate surface area is 125 Å². The van der Waals surface area contributed by atoms with E-state index in [1.54, 1.807) is 18.0 Å². The van der Waals surface area contributed by atoms with E-state index in [4.69, 9.17) is 0 Å². The van der Waals surface area contributed by atoms with Crippen LogP contribution in [-0.4, -0.2) is 35.9 Å². The predicted octanol–water partition coefficient (Wildman–Crippen LogP) is 3.29. The van der Waals surface area contributed by atoms with Crippen molar-refractivity contribution in [2.75, 3.05) is 25.5 Å². The number of nitro benzene ring substituents is 1. The molecule has 0 radical (unpaired) electrons. The number of carbonyl (C=O) groups excluding carboxylic acids is 1. The van der Waals surface area contributed by atoms with Crippen molar-refractivity contribution >= 4 is 17.3 Å². The Balaban J connectivity index is 3.06. The highest BCUT2D eigenvalue weighted by Crippen LogP contribution is 2.23. The topological polar surface area (TPSA) is 75.5 Å². The second-order valence-corrected chi connectivity index (χ2v) is 4.99. The summed E-state index contributed by atoms with van der Waals surface area (Å²) < 4.78 is 0. The lowest BCUT2D eigenvalue weighted by Gasteiger charge is -2.19. The van der Waals surface area contributed by atoms with Crippen LogP contribution in [0.5, 0.6) is 0 Å². The van der Waals surface area contributed by atoms with Gasteiger partial charge in [-0.25, -0.2) is 0 Å². The number of hydrogen-bond acceptors (Lipinski definition) is 4. The summed E-state index contributed by atoms with van der Waals surface area (Å²) in [5.74, 6) is -0.189. The lowest BCUT2D eigenvalue weighted by atomic mass is 10.1. The van der Waals surface area contributed by atoms with Crippen LogP contribution in [0.2, 0.25) is 0 Å². The molecule has 0 aromatic heterocycles. The van der Waals surface area contributed by atoms with Gasteiger partial charge >= 0.3 is 0 Å². The van der Waals surface area contributed by atoms with E-state index in [9.17, 15) is 14.9 Å². The molecule has 21 heavy (non-hydrogen) atoms. The van der Waals surface area contributed by atoms with Crippen LogP contribution in [0.25, 0.3) is 0 Å². The Morgan fingerprint density at radius 3 is 2.62 bits per heavy atom. The van der Waals surface area contributed by atoms with E-state index in [-0.39, 0.29) is 11.6 Å². The minimum atomic E-state index is -0.480. The predicted molar refractivity (Wildman–Crippen MR) is 83.7 cm³/mol. The fourth-order valence-corrected chi connectivity index (χ4v) is 1.94. The van der Waals surface area contributed by atoms with Gasteiger partial charge in [0.2, 0.25) is 0 Å². The maximum atomic E-state index is 12.5. The zero-order valence-corrected chi connectivity index (χ0v) is 12.9. The van der Waals surface area contributed by atoms with Gasteiger partial charge in [-0.3, -0.25) is 14.9 Å². The smallest absolute Gasteiger partial charge is 0.270 e. The van der Waals surface area contributed by atoms with Crippen LogP contribution in [0.1, 0.15) is 43.5 Å². The Morgan fingerprint density at radius 2 is 2.05 bits per heavy atom. The lowest BCUT2D eigenvalue weighted by Crippen LogP contribution is -2.28. The molecular weight excluding hydrogens is 270 g/mol. The van der Waals surface area contributed by atoms with E-state index >= 15 is 0 Å². The van der Waals surface area contributed by atoms with Crippen LogP contribution in [0.3, 0.4) is 0 Å². The van der Waals surface area contributed by atoms with Crippen molar-refractivity contribution < 1.29 is 9.72 Å². The minimum absolute atomic E-state index is 0.0655. The van der Waals surface area contributed by atoms with Gasteiger partial charge in [0.1, 0.15) is 0 Å². The molecule has 1 amide bonds. The van der Waals surface area contributed by atoms with E-state index in [0.717, 1.165) is 25.8 Å². The molecule has 1 rings (SSSR count). The molecule has 0 heterocycles. The van der Waals surface area contributed by atoms with Crippen molar-refractivity contribution in [3.63, 3.8) is 0 Å². The first-order valence-electron chi connectivity index (χ1n) is 7.29. The SMILES string of the molecule is CCCCN(C)C(=O)c1cc([N+](=O)[O-])ccc1NCCC. The van der Waals surface area contributed by atoms with E-state index in [1.807, 2.05) is 6.92 Å². The van der Waals surface area contributed by atoms with Gasteiger partial charge in [-0.1, -0.05) is 20.3 Å². The molecule has 1 aromatic rings. The highest BCUT2D eigenvalue weighted by Gasteiger charge is 2.19. The molecule has 0 atom stereocenters. The number of non-ortho nitro benzene ring substituents is 1. The third-order valence-electron chi connectivity index (χ3n) is 3.20. The average molecular weight is 293 g/mol. The lowest BCUT2D eigenvalue weighted by molar-refractivity contribution is -0.384. The molecule has 0 aliphatic heterocycles. The number of benzene rings is 1. The maximum absolute atomic E-state index is 12.5. The number of hydrogen-bond donors (Lipinski definition) is 1. The van der Waals surface area contributed by atoms with Crippen molar-refractivity contribution in [1.82, 2.24) is 4.90 Å². The Morgan fingerprint density at radius 1 is 1.33 bits per heavy atom. The maximum Gasteiger partial charge on any atom is 0.270 e. The third-order valence-corrected chi connectivity index (χ3v) is 3.20. The molecule has 0 bridgehead atoms. The Hall–Kier alpha value is -2.11. The van der Waals surface area contributed by atoms with E-state index in [1.165, 1.54) is 12.1 Å². The molecular formula is C15H23N3O3. The molecule has 0 saturated heterocycles. The zero-order valence-electron chi connectivity index (χ0n) is 12.9. The van der Waals surface area contributed by atoms with Gasteiger partial charge in [-0.15, -0.1) is 0 Å². The van der Waals surface area contributed by atoms with Crippen molar-refractivity contribution in [1.29, 1.82) is 0 Å². The van der Waals surface area contributed by atoms with Gasteiger partial charge in [-0.2, -0.15) is 0 Å². The number of amides is 1. The second-order valence-electron chi connectivity index (χ2n) is 4.99. The first-order chi connectivity index (χ1) is 10.0.